The number of carbonyl (C=O) groups excluding carboxylic acids is 1. The molecule has 0 saturated heterocycles. The molecular weight excluding hydrogens is 512 g/mol. The van der Waals surface area contributed by atoms with E-state index in [-0.39, 0.29) is 18.0 Å². The van der Waals surface area contributed by atoms with E-state index >= 15 is 0 Å². The van der Waals surface area contributed by atoms with Gasteiger partial charge in [-0.3, -0.25) is 4.79 Å². The summed E-state index contributed by atoms with van der Waals surface area (Å²) >= 11 is 9.28. The highest BCUT2D eigenvalue weighted by molar-refractivity contribution is 9.10. The van der Waals surface area contributed by atoms with Crippen LogP contribution >= 0.6 is 27.5 Å². The van der Waals surface area contributed by atoms with Crippen molar-refractivity contribution in [3.63, 3.8) is 0 Å². The molecule has 3 aromatic rings. The van der Waals surface area contributed by atoms with Gasteiger partial charge in [-0.25, -0.2) is 8.42 Å². The first-order chi connectivity index (χ1) is 15.1. The third-order valence-electron chi connectivity index (χ3n) is 4.99. The summed E-state index contributed by atoms with van der Waals surface area (Å²) in [5.41, 5.74) is 4.38. The van der Waals surface area contributed by atoms with Gasteiger partial charge in [0.1, 0.15) is 0 Å². The predicted molar refractivity (Wildman–Crippen MR) is 132 cm³/mol. The number of hydrogen-bond donors (Lipinski definition) is 1. The largest absolute Gasteiger partial charge is 0.324 e. The summed E-state index contributed by atoms with van der Waals surface area (Å²) < 4.78 is 28.7. The lowest BCUT2D eigenvalue weighted by atomic mass is 10.1. The van der Waals surface area contributed by atoms with E-state index < -0.39 is 15.9 Å². The maximum absolute atomic E-state index is 13.4. The van der Waals surface area contributed by atoms with Crippen LogP contribution in [0.3, 0.4) is 0 Å². The van der Waals surface area contributed by atoms with E-state index in [1.54, 1.807) is 36.4 Å². The molecule has 3 rings (SSSR count). The molecule has 0 aliphatic heterocycles. The molecule has 0 radical (unpaired) electrons. The van der Waals surface area contributed by atoms with Crippen LogP contribution in [0.25, 0.3) is 0 Å². The second-order valence-electron chi connectivity index (χ2n) is 7.68. The van der Waals surface area contributed by atoms with Crippen LogP contribution in [0, 0.1) is 20.8 Å². The fourth-order valence-corrected chi connectivity index (χ4v) is 5.27. The minimum Gasteiger partial charge on any atom is -0.324 e. The van der Waals surface area contributed by atoms with E-state index in [9.17, 15) is 13.2 Å². The lowest BCUT2D eigenvalue weighted by Gasteiger charge is -2.23. The molecule has 1 N–H and O–H groups in total. The molecule has 0 fully saturated rings. The number of nitrogens with zero attached hydrogens (tertiary/aromatic N) is 1. The van der Waals surface area contributed by atoms with Gasteiger partial charge in [-0.1, -0.05) is 57.4 Å². The van der Waals surface area contributed by atoms with Gasteiger partial charge in [0, 0.05) is 21.7 Å². The molecule has 3 aromatic carbocycles. The van der Waals surface area contributed by atoms with Crippen LogP contribution in [-0.4, -0.2) is 25.2 Å². The van der Waals surface area contributed by atoms with E-state index in [2.05, 4.69) is 21.2 Å². The number of carbonyl (C=O) groups is 1. The highest BCUT2D eigenvalue weighted by Crippen LogP contribution is 2.24. The normalized spacial score (nSPS) is 11.6. The van der Waals surface area contributed by atoms with Gasteiger partial charge in [0.2, 0.25) is 15.9 Å². The molecule has 0 aliphatic carbocycles. The van der Waals surface area contributed by atoms with Crippen molar-refractivity contribution < 1.29 is 13.2 Å². The van der Waals surface area contributed by atoms with Crippen LogP contribution in [-0.2, 0) is 21.4 Å². The Bertz CT molecular complexity index is 1200. The summed E-state index contributed by atoms with van der Waals surface area (Å²) in [5.74, 6) is -0.408. The first-order valence-corrected chi connectivity index (χ1v) is 12.6. The van der Waals surface area contributed by atoms with Crippen molar-refractivity contribution in [1.29, 1.82) is 0 Å². The summed E-state index contributed by atoms with van der Waals surface area (Å²) in [5, 5.41) is 3.44. The molecule has 1 amide bonds. The minimum atomic E-state index is -3.92. The van der Waals surface area contributed by atoms with Crippen LogP contribution in [0.2, 0.25) is 5.02 Å². The zero-order valence-corrected chi connectivity index (χ0v) is 21.2. The number of benzene rings is 3. The van der Waals surface area contributed by atoms with Crippen LogP contribution in [0.1, 0.15) is 22.3 Å². The van der Waals surface area contributed by atoms with Crippen LogP contribution in [0.5, 0.6) is 0 Å². The first kappa shape index (κ1) is 24.5. The molecule has 0 saturated carbocycles. The molecule has 5 nitrogen and oxygen atoms in total. The van der Waals surface area contributed by atoms with Crippen molar-refractivity contribution in [3.8, 4) is 0 Å². The van der Waals surface area contributed by atoms with E-state index in [4.69, 9.17) is 11.6 Å². The summed E-state index contributed by atoms with van der Waals surface area (Å²) in [7, 11) is -3.92. The molecule has 0 aromatic heterocycles. The van der Waals surface area contributed by atoms with E-state index in [0.717, 1.165) is 26.7 Å². The molecule has 8 heteroatoms. The van der Waals surface area contributed by atoms with Crippen molar-refractivity contribution in [2.45, 2.75) is 32.2 Å². The van der Waals surface area contributed by atoms with Gasteiger partial charge < -0.3 is 5.32 Å². The van der Waals surface area contributed by atoms with Crippen molar-refractivity contribution in [2.75, 3.05) is 11.9 Å². The van der Waals surface area contributed by atoms with E-state index in [1.807, 2.05) is 32.9 Å². The zero-order chi connectivity index (χ0) is 23.5. The standard InChI is InChI=1S/C24H24BrClN2O3S/c1-16-12-17(2)24(18(3)13-16)27-23(29)15-28(14-19-4-8-21(26)9-5-19)32(30,31)22-10-6-20(25)7-11-22/h4-13H,14-15H2,1-3H3,(H,27,29). The van der Waals surface area contributed by atoms with Crippen LogP contribution in [0.4, 0.5) is 5.69 Å². The molecule has 0 bridgehead atoms. The maximum Gasteiger partial charge on any atom is 0.243 e. The van der Waals surface area contributed by atoms with Crippen molar-refractivity contribution in [3.05, 3.63) is 92.4 Å². The average Bonchev–Trinajstić information content (AvgIpc) is 2.72. The second kappa shape index (κ2) is 10.2. The van der Waals surface area contributed by atoms with Crippen LogP contribution < -0.4 is 5.32 Å². The molecule has 0 aliphatic rings. The second-order valence-corrected chi connectivity index (χ2v) is 11.0. The fraction of sp³-hybridized carbons (Fsp3) is 0.208. The lowest BCUT2D eigenvalue weighted by molar-refractivity contribution is -0.116. The Labute approximate surface area is 202 Å². The Kier molecular flexibility index (Phi) is 7.77. The van der Waals surface area contributed by atoms with Crippen molar-refractivity contribution in [1.82, 2.24) is 4.31 Å². The summed E-state index contributed by atoms with van der Waals surface area (Å²) in [6, 6.07) is 17.2. The lowest BCUT2D eigenvalue weighted by Crippen LogP contribution is -2.37. The van der Waals surface area contributed by atoms with E-state index in [0.29, 0.717) is 10.7 Å². The number of halogens is 2. The quantitative estimate of drug-likeness (QED) is 0.412. The molecule has 0 atom stereocenters. The van der Waals surface area contributed by atoms with Gasteiger partial charge in [-0.2, -0.15) is 4.31 Å². The highest BCUT2D eigenvalue weighted by Gasteiger charge is 2.27. The fourth-order valence-electron chi connectivity index (χ4n) is 3.49. The molecule has 0 unspecified atom stereocenters. The van der Waals surface area contributed by atoms with Gasteiger partial charge in [0.15, 0.2) is 0 Å². The minimum absolute atomic E-state index is 0.0366. The van der Waals surface area contributed by atoms with Gasteiger partial charge in [-0.15, -0.1) is 0 Å². The zero-order valence-electron chi connectivity index (χ0n) is 18.0. The van der Waals surface area contributed by atoms with E-state index in [1.165, 1.54) is 16.4 Å². The summed E-state index contributed by atoms with van der Waals surface area (Å²) in [6.45, 7) is 5.53. The van der Waals surface area contributed by atoms with Gasteiger partial charge >= 0.3 is 0 Å². The first-order valence-electron chi connectivity index (χ1n) is 9.94. The molecule has 0 spiro atoms. The Morgan fingerprint density at radius 1 is 0.969 bits per heavy atom. The number of rotatable bonds is 7. The molecule has 0 heterocycles. The predicted octanol–water partition coefficient (Wildman–Crippen LogP) is 5.86. The Balaban J connectivity index is 1.90. The number of aryl methyl sites for hydroxylation is 3. The molecule has 168 valence electrons. The number of sulfonamides is 1. The summed E-state index contributed by atoms with van der Waals surface area (Å²) in [4.78, 5) is 13.1. The monoisotopic (exact) mass is 534 g/mol. The topological polar surface area (TPSA) is 66.5 Å². The van der Waals surface area contributed by atoms with Crippen molar-refractivity contribution in [2.24, 2.45) is 0 Å². The van der Waals surface area contributed by atoms with Gasteiger partial charge in [0.05, 0.1) is 11.4 Å². The summed E-state index contributed by atoms with van der Waals surface area (Å²) in [6.07, 6.45) is 0. The van der Waals surface area contributed by atoms with Crippen LogP contribution in [0.15, 0.2) is 70.0 Å². The number of anilines is 1. The number of amides is 1. The smallest absolute Gasteiger partial charge is 0.243 e. The number of hydrogen-bond acceptors (Lipinski definition) is 3. The maximum atomic E-state index is 13.4. The van der Waals surface area contributed by atoms with Gasteiger partial charge in [0.25, 0.3) is 0 Å². The van der Waals surface area contributed by atoms with Crippen molar-refractivity contribution >= 4 is 49.1 Å². The highest BCUT2D eigenvalue weighted by atomic mass is 79.9. The SMILES string of the molecule is Cc1cc(C)c(NC(=O)CN(Cc2ccc(Cl)cc2)S(=O)(=O)c2ccc(Br)cc2)c(C)c1. The molecular formula is C24H24BrClN2O3S. The third-order valence-corrected chi connectivity index (χ3v) is 7.57. The van der Waals surface area contributed by atoms with Gasteiger partial charge in [-0.05, 0) is 73.9 Å². The third kappa shape index (κ3) is 5.98. The Hall–Kier alpha value is -2.19. The Morgan fingerprint density at radius 2 is 1.53 bits per heavy atom. The Morgan fingerprint density at radius 3 is 2.09 bits per heavy atom. The number of nitrogens with one attached hydrogen (secondary N) is 1. The molecule has 32 heavy (non-hydrogen) atoms. The average molecular weight is 536 g/mol.